The molecule has 0 saturated heterocycles. The maximum Gasteiger partial charge on any atom is 0.403 e. The van der Waals surface area contributed by atoms with Crippen LogP contribution >= 0.6 is 0 Å². The summed E-state index contributed by atoms with van der Waals surface area (Å²) in [4.78, 5) is 4.10. The molecule has 0 fully saturated rings. The highest BCUT2D eigenvalue weighted by molar-refractivity contribution is 5.53. The summed E-state index contributed by atoms with van der Waals surface area (Å²) >= 11 is 0. The highest BCUT2D eigenvalue weighted by Gasteiger charge is 2.21. The fraction of sp³-hybridized carbons (Fsp3) is 0.375. The van der Waals surface area contributed by atoms with Crippen molar-refractivity contribution in [2.75, 3.05) is 0 Å². The molecule has 1 radical (unpaired) electrons. The summed E-state index contributed by atoms with van der Waals surface area (Å²) in [5.74, 6) is 0. The van der Waals surface area contributed by atoms with Crippen LogP contribution in [0.1, 0.15) is 19.3 Å². The predicted molar refractivity (Wildman–Crippen MR) is 39.3 cm³/mol. The van der Waals surface area contributed by atoms with Gasteiger partial charge in [-0.15, -0.1) is 0 Å². The summed E-state index contributed by atoms with van der Waals surface area (Å²) < 4.78 is 4.94. The van der Waals surface area contributed by atoms with Crippen molar-refractivity contribution in [2.45, 2.75) is 19.3 Å². The minimum atomic E-state index is 1.11. The Kier molecular flexibility index (Phi) is 1.31. The van der Waals surface area contributed by atoms with Crippen molar-refractivity contribution in [2.24, 2.45) is 0 Å². The first kappa shape index (κ1) is 5.71. The van der Waals surface area contributed by atoms with Crippen LogP contribution in [0, 0.1) is 0 Å². The lowest BCUT2D eigenvalue weighted by atomic mass is 10.00. The molecule has 0 aromatic rings. The summed E-state index contributed by atoms with van der Waals surface area (Å²) in [5, 5.41) is 0. The summed E-state index contributed by atoms with van der Waals surface area (Å²) in [5.41, 5.74) is 2.35. The zero-order valence-electron chi connectivity index (χ0n) is 5.71. The molecule has 0 saturated carbocycles. The first-order valence-electron chi connectivity index (χ1n) is 3.54. The molecule has 1 aliphatic heterocycles. The Morgan fingerprint density at radius 2 is 2.50 bits per heavy atom. The average Bonchev–Trinajstić information content (AvgIpc) is 2.05. The van der Waals surface area contributed by atoms with Gasteiger partial charge in [-0.05, 0) is 25.3 Å². The third kappa shape index (κ3) is 0.856. The van der Waals surface area contributed by atoms with Crippen LogP contribution in [0.4, 0.5) is 0 Å². The lowest BCUT2D eigenvalue weighted by Crippen LogP contribution is -2.08. The first-order chi connectivity index (χ1) is 4.97. The number of allylic oxidation sites excluding steroid dienone is 2. The van der Waals surface area contributed by atoms with E-state index in [9.17, 15) is 0 Å². The Morgan fingerprint density at radius 3 is 3.40 bits per heavy atom. The third-order valence-electron chi connectivity index (χ3n) is 1.78. The van der Waals surface area contributed by atoms with Crippen LogP contribution in [-0.4, -0.2) is 6.40 Å². The van der Waals surface area contributed by atoms with E-state index >= 15 is 0 Å². The Hall–Kier alpha value is -1.05. The van der Waals surface area contributed by atoms with Gasteiger partial charge in [0.2, 0.25) is 0 Å². The zero-order valence-corrected chi connectivity index (χ0v) is 5.71. The van der Waals surface area contributed by atoms with Crippen molar-refractivity contribution in [3.8, 4) is 0 Å². The number of rotatable bonds is 0. The Labute approximate surface area is 59.9 Å². The van der Waals surface area contributed by atoms with Crippen molar-refractivity contribution in [3.05, 3.63) is 23.6 Å². The van der Waals surface area contributed by atoms with Crippen molar-refractivity contribution < 1.29 is 4.74 Å². The Bertz CT molecular complexity index is 225. The molecule has 2 rings (SSSR count). The summed E-state index contributed by atoms with van der Waals surface area (Å²) in [6, 6.07) is 0. The molecule has 2 aliphatic rings. The summed E-state index contributed by atoms with van der Waals surface area (Å²) in [7, 11) is 0. The first-order valence-corrected chi connectivity index (χ1v) is 3.54. The van der Waals surface area contributed by atoms with Crippen LogP contribution in [0.5, 0.6) is 0 Å². The molecule has 51 valence electrons. The van der Waals surface area contributed by atoms with E-state index in [0.29, 0.717) is 0 Å². The van der Waals surface area contributed by atoms with E-state index in [1.54, 1.807) is 6.26 Å². The molecule has 0 unspecified atom stereocenters. The third-order valence-corrected chi connectivity index (χ3v) is 1.78. The van der Waals surface area contributed by atoms with Crippen LogP contribution in [0.2, 0.25) is 0 Å². The van der Waals surface area contributed by atoms with E-state index in [2.05, 4.69) is 11.1 Å². The van der Waals surface area contributed by atoms with Crippen molar-refractivity contribution >= 4 is 6.40 Å². The number of aliphatic imine (C=N–C) groups is 1. The molecule has 2 nitrogen and oxygen atoms in total. The number of fused-ring (bicyclic) bond motifs is 1. The standard InChI is InChI=1S/C8H9NO/c1-2-4-8-7(3-1)5-10-6-9-8/h4-6H,1-3H2/q+1. The summed E-state index contributed by atoms with van der Waals surface area (Å²) in [6.45, 7) is 0. The van der Waals surface area contributed by atoms with Gasteiger partial charge in [-0.25, -0.2) is 0 Å². The van der Waals surface area contributed by atoms with Gasteiger partial charge in [-0.1, -0.05) is 0 Å². The highest BCUT2D eigenvalue weighted by atomic mass is 16.5. The SMILES string of the molecule is C1=[N+]C2=CCCCC2=CO1. The topological polar surface area (TPSA) is 23.3 Å². The van der Waals surface area contributed by atoms with Crippen LogP contribution in [0.15, 0.2) is 23.6 Å². The second-order valence-corrected chi connectivity index (χ2v) is 2.50. The minimum absolute atomic E-state index is 1.11. The van der Waals surface area contributed by atoms with E-state index in [1.807, 2.05) is 0 Å². The van der Waals surface area contributed by atoms with Gasteiger partial charge in [0.1, 0.15) is 11.3 Å². The average molecular weight is 135 g/mol. The van der Waals surface area contributed by atoms with Crippen molar-refractivity contribution in [3.63, 3.8) is 0 Å². The van der Waals surface area contributed by atoms with E-state index in [0.717, 1.165) is 18.5 Å². The molecule has 0 bridgehead atoms. The molecule has 0 aromatic heterocycles. The van der Waals surface area contributed by atoms with Gasteiger partial charge < -0.3 is 4.74 Å². The molecule has 0 amide bonds. The normalized spacial score (nSPS) is 22.4. The zero-order chi connectivity index (χ0) is 6.81. The molecule has 0 aromatic carbocycles. The largest absolute Gasteiger partial charge is 0.414 e. The van der Waals surface area contributed by atoms with Gasteiger partial charge in [0.25, 0.3) is 5.70 Å². The molecule has 1 heterocycles. The predicted octanol–water partition coefficient (Wildman–Crippen LogP) is 1.33. The van der Waals surface area contributed by atoms with E-state index in [-0.39, 0.29) is 0 Å². The van der Waals surface area contributed by atoms with Crippen molar-refractivity contribution in [1.82, 2.24) is 4.99 Å². The van der Waals surface area contributed by atoms with Crippen LogP contribution in [0.3, 0.4) is 0 Å². The molecule has 10 heavy (non-hydrogen) atoms. The van der Waals surface area contributed by atoms with Gasteiger partial charge in [0.15, 0.2) is 0 Å². The van der Waals surface area contributed by atoms with Crippen LogP contribution < -0.4 is 4.99 Å². The molecule has 2 heteroatoms. The smallest absolute Gasteiger partial charge is 0.403 e. The molecular weight excluding hydrogens is 126 g/mol. The van der Waals surface area contributed by atoms with E-state index < -0.39 is 0 Å². The molecule has 0 spiro atoms. The summed E-state index contributed by atoms with van der Waals surface area (Å²) in [6.07, 6.45) is 8.94. The lowest BCUT2D eigenvalue weighted by Gasteiger charge is -2.06. The fourth-order valence-corrected chi connectivity index (χ4v) is 1.25. The van der Waals surface area contributed by atoms with Gasteiger partial charge in [-0.3, -0.25) is 0 Å². The molecular formula is C8H9NO+. The van der Waals surface area contributed by atoms with Gasteiger partial charge in [0, 0.05) is 0 Å². The number of ether oxygens (including phenoxy) is 1. The monoisotopic (exact) mass is 135 g/mol. The van der Waals surface area contributed by atoms with Crippen LogP contribution in [0.25, 0.3) is 0 Å². The van der Waals surface area contributed by atoms with E-state index in [1.165, 1.54) is 18.4 Å². The van der Waals surface area contributed by atoms with Gasteiger partial charge in [0.05, 0.1) is 5.57 Å². The molecule has 0 N–H and O–H groups in total. The Balaban J connectivity index is 2.32. The quantitative estimate of drug-likeness (QED) is 0.491. The minimum Gasteiger partial charge on any atom is -0.414 e. The van der Waals surface area contributed by atoms with Crippen molar-refractivity contribution in [1.29, 1.82) is 0 Å². The van der Waals surface area contributed by atoms with Gasteiger partial charge in [-0.2, -0.15) is 0 Å². The molecule has 0 atom stereocenters. The Morgan fingerprint density at radius 1 is 1.50 bits per heavy atom. The number of hydrogen-bond acceptors (Lipinski definition) is 2. The maximum atomic E-state index is 4.94. The highest BCUT2D eigenvalue weighted by Crippen LogP contribution is 2.22. The molecule has 1 aliphatic carbocycles. The van der Waals surface area contributed by atoms with E-state index in [4.69, 9.17) is 4.74 Å². The maximum absolute atomic E-state index is 4.94. The lowest BCUT2D eigenvalue weighted by molar-refractivity contribution is 0.468. The second kappa shape index (κ2) is 2.29. The fourth-order valence-electron chi connectivity index (χ4n) is 1.25. The van der Waals surface area contributed by atoms with Gasteiger partial charge >= 0.3 is 6.40 Å². The number of hydrogen-bond donors (Lipinski definition) is 0. The van der Waals surface area contributed by atoms with Crippen LogP contribution in [-0.2, 0) is 4.74 Å². The number of nitrogens with zero attached hydrogens (tertiary/aromatic N) is 1. The second-order valence-electron chi connectivity index (χ2n) is 2.50.